The number of carboxylic acid groups (broad SMARTS) is 1. The molecule has 0 saturated carbocycles. The van der Waals surface area contributed by atoms with Gasteiger partial charge in [0.25, 0.3) is 17.9 Å². The number of aromatic nitrogens is 4. The first-order chi connectivity index (χ1) is 23.8. The Bertz CT molecular complexity index is 1810. The summed E-state index contributed by atoms with van der Waals surface area (Å²) in [5, 5.41) is 31.9. The summed E-state index contributed by atoms with van der Waals surface area (Å²) in [4.78, 5) is 48.5. The maximum absolute atomic E-state index is 13.4. The highest BCUT2D eigenvalue weighted by Crippen LogP contribution is 2.25. The molecule has 2 fully saturated rings. The number of ether oxygens (including phenoxy) is 1. The van der Waals surface area contributed by atoms with Crippen molar-refractivity contribution in [1.29, 1.82) is 0 Å². The molecule has 0 bridgehead atoms. The number of rotatable bonds is 16. The van der Waals surface area contributed by atoms with Gasteiger partial charge < -0.3 is 42.5 Å². The van der Waals surface area contributed by atoms with Crippen molar-refractivity contribution in [3.8, 4) is 5.75 Å². The lowest BCUT2D eigenvalue weighted by Gasteiger charge is -2.43. The van der Waals surface area contributed by atoms with Crippen molar-refractivity contribution in [3.63, 3.8) is 0 Å². The molecule has 0 radical (unpaired) electrons. The number of β-lactam (4-membered cyclic amide) rings is 1. The minimum Gasteiger partial charge on any atom is -0.489 e. The summed E-state index contributed by atoms with van der Waals surface area (Å²) in [6.07, 6.45) is 1.11. The molecule has 1 aromatic carbocycles. The fourth-order valence-electron chi connectivity index (χ4n) is 5.18. The van der Waals surface area contributed by atoms with Crippen molar-refractivity contribution >= 4 is 50.3 Å². The van der Waals surface area contributed by atoms with Gasteiger partial charge in [-0.3, -0.25) is 19.5 Å². The van der Waals surface area contributed by atoms with Crippen LogP contribution in [-0.4, -0.2) is 110 Å². The molecule has 4 atom stereocenters. The first-order valence-electron chi connectivity index (χ1n) is 15.2. The fourth-order valence-corrected chi connectivity index (χ4v) is 6.60. The lowest BCUT2D eigenvalue weighted by Crippen LogP contribution is -2.73. The molecule has 270 valence electrons. The van der Waals surface area contributed by atoms with Crippen LogP contribution in [0.3, 0.4) is 0 Å². The Morgan fingerprint density at radius 1 is 1.22 bits per heavy atom. The maximum Gasteiger partial charge on any atom is 0.362 e. The second-order valence-electron chi connectivity index (χ2n) is 11.2. The predicted octanol–water partition coefficient (Wildman–Crippen LogP) is -2.47. The molecule has 0 aliphatic carbocycles. The highest BCUT2D eigenvalue weighted by atomic mass is 32.2. The zero-order chi connectivity index (χ0) is 36.0. The number of carbonyl (C=O) groups excluding carboxylic acids is 2. The number of nitrogens with two attached hydrogens (primary N) is 3. The van der Waals surface area contributed by atoms with Gasteiger partial charge >= 0.3 is 16.3 Å². The first kappa shape index (κ1) is 36.5. The lowest BCUT2D eigenvalue weighted by molar-refractivity contribution is -0.152. The summed E-state index contributed by atoms with van der Waals surface area (Å²) < 4.78 is 39.3. The van der Waals surface area contributed by atoms with Crippen molar-refractivity contribution < 1.29 is 42.0 Å². The van der Waals surface area contributed by atoms with E-state index in [0.29, 0.717) is 11.4 Å². The molecule has 2 amide bonds. The van der Waals surface area contributed by atoms with Crippen molar-refractivity contribution in [3.05, 3.63) is 52.8 Å². The third kappa shape index (κ3) is 8.87. The Balaban J connectivity index is 1.26. The molecule has 11 N–H and O–H groups in total. The van der Waals surface area contributed by atoms with E-state index in [1.807, 2.05) is 0 Å². The number of oxime groups is 1. The number of aliphatic carboxylic acids is 1. The minimum atomic E-state index is -5.03. The third-order valence-electron chi connectivity index (χ3n) is 7.77. The number of amides is 2. The number of thiazole rings is 1. The maximum atomic E-state index is 13.4. The van der Waals surface area contributed by atoms with Crippen LogP contribution in [0.1, 0.15) is 36.0 Å². The Labute approximate surface area is 289 Å². The van der Waals surface area contributed by atoms with Gasteiger partial charge in [0, 0.05) is 18.0 Å². The highest BCUT2D eigenvalue weighted by molar-refractivity contribution is 7.84. The van der Waals surface area contributed by atoms with E-state index in [-0.39, 0.29) is 34.3 Å². The molecule has 3 aromatic rings. The van der Waals surface area contributed by atoms with Crippen molar-refractivity contribution in [2.75, 3.05) is 25.4 Å². The number of anilines is 1. The van der Waals surface area contributed by atoms with Gasteiger partial charge in [-0.1, -0.05) is 17.3 Å². The number of benzene rings is 1. The fraction of sp³-hybridized carbons (Fsp3) is 0.444. The van der Waals surface area contributed by atoms with E-state index in [1.165, 1.54) is 11.6 Å². The van der Waals surface area contributed by atoms with E-state index < -0.39 is 64.8 Å². The average molecular weight is 737 g/mol. The van der Waals surface area contributed by atoms with Gasteiger partial charge in [0.05, 0.1) is 24.6 Å². The van der Waals surface area contributed by atoms with Crippen molar-refractivity contribution in [2.45, 2.75) is 56.3 Å². The van der Waals surface area contributed by atoms with Crippen LogP contribution in [0.25, 0.3) is 0 Å². The molecule has 2 saturated heterocycles. The Hall–Kier alpha value is -4.78. The molecule has 2 aliphatic heterocycles. The van der Waals surface area contributed by atoms with Crippen LogP contribution in [0.4, 0.5) is 5.13 Å². The molecule has 21 nitrogen and oxygen atoms in total. The molecule has 0 spiro atoms. The summed E-state index contributed by atoms with van der Waals surface area (Å²) >= 11 is 0.936. The third-order valence-corrected chi connectivity index (χ3v) is 9.39. The monoisotopic (exact) mass is 736 g/mol. The van der Waals surface area contributed by atoms with E-state index in [9.17, 15) is 32.5 Å². The van der Waals surface area contributed by atoms with Gasteiger partial charge in [0.2, 0.25) is 0 Å². The van der Waals surface area contributed by atoms with Gasteiger partial charge in [-0.15, -0.1) is 11.3 Å². The number of nitrogen functional groups attached to an aromatic ring is 1. The average Bonchev–Trinajstić information content (AvgIpc) is 3.73. The van der Waals surface area contributed by atoms with Gasteiger partial charge in [-0.25, -0.2) is 14.1 Å². The number of carboxylic acids is 1. The van der Waals surface area contributed by atoms with Crippen molar-refractivity contribution in [2.24, 2.45) is 16.6 Å². The van der Waals surface area contributed by atoms with E-state index in [4.69, 9.17) is 26.8 Å². The van der Waals surface area contributed by atoms with E-state index >= 15 is 0 Å². The molecule has 23 heteroatoms. The number of piperidine rings is 1. The van der Waals surface area contributed by atoms with Crippen LogP contribution >= 0.6 is 11.3 Å². The van der Waals surface area contributed by atoms with Crippen LogP contribution in [0.15, 0.2) is 41.0 Å². The van der Waals surface area contributed by atoms with Gasteiger partial charge in [0.15, 0.2) is 10.8 Å². The normalized spacial score (nSPS) is 19.8. The number of hydrogen-bond acceptors (Lipinski definition) is 17. The Morgan fingerprint density at radius 2 is 1.94 bits per heavy atom. The number of nitrogens with zero attached hydrogens (tertiary/aromatic N) is 6. The van der Waals surface area contributed by atoms with Gasteiger partial charge in [-0.2, -0.15) is 23.4 Å². The predicted molar refractivity (Wildman–Crippen MR) is 175 cm³/mol. The highest BCUT2D eigenvalue weighted by Gasteiger charge is 2.54. The van der Waals surface area contributed by atoms with Crippen molar-refractivity contribution in [1.82, 2.24) is 40.2 Å². The largest absolute Gasteiger partial charge is 0.489 e. The summed E-state index contributed by atoms with van der Waals surface area (Å²) in [6, 6.07) is 4.15. The lowest BCUT2D eigenvalue weighted by atomic mass is 9.98. The quantitative estimate of drug-likeness (QED) is 0.0248. The zero-order valence-electron chi connectivity index (χ0n) is 26.3. The van der Waals surface area contributed by atoms with Gasteiger partial charge in [0.1, 0.15) is 30.1 Å². The Morgan fingerprint density at radius 3 is 2.54 bits per heavy atom. The zero-order valence-corrected chi connectivity index (χ0v) is 27.9. The van der Waals surface area contributed by atoms with Crippen LogP contribution < -0.4 is 37.9 Å². The minimum absolute atomic E-state index is 0.0299. The van der Waals surface area contributed by atoms with Crippen LogP contribution in [0, 0.1) is 0 Å². The summed E-state index contributed by atoms with van der Waals surface area (Å²) in [5.74, 6) is -3.42. The molecular weight excluding hydrogens is 701 g/mol. The summed E-state index contributed by atoms with van der Waals surface area (Å²) in [6.45, 7) is 0.969. The number of nitrogens with one attached hydrogen (secondary N) is 3. The summed E-state index contributed by atoms with van der Waals surface area (Å²) in [5.41, 5.74) is 18.0. The summed E-state index contributed by atoms with van der Waals surface area (Å²) in [7, 11) is -5.03. The number of carbonyl (C=O) groups is 3. The van der Waals surface area contributed by atoms with Crippen LogP contribution in [-0.2, 0) is 42.6 Å². The SMILES string of the molecule is NCc1cnn(C[C@@H]2[C@H](NC(=O)/C(=N\O[C@@H](COc3ccc(C(N)NC4CCNCC4)cc3)C(=O)O)c3csc(N)n3)C(=O)N2S(=O)(=O)O)n1. The standard InChI is InChI=1S/C27H36N12O9S2/c28-9-16-10-32-38(36-16)11-19-22(25(41)39(19)50(44,45)46)35-24(40)21(18-13-49-27(30)34-18)37-48-20(26(42)43)12-47-17-3-1-14(2-4-17)23(29)33-15-5-7-31-8-6-15/h1-4,10,13,15,19-20,22-23,31,33H,5-9,11-12,28-29H2,(H2,30,34)(H,35,40)(H,42,43)(H,44,45,46)/b37-21-/t19-,20+,22+,23?/m1/s1. The second kappa shape index (κ2) is 15.8. The molecule has 5 rings (SSSR count). The molecular formula is C27H36N12O9S2. The van der Waals surface area contributed by atoms with Crippen LogP contribution in [0.5, 0.6) is 5.75 Å². The van der Waals surface area contributed by atoms with E-state index in [2.05, 4.69) is 36.3 Å². The second-order valence-corrected chi connectivity index (χ2v) is 13.4. The molecule has 2 aromatic heterocycles. The molecule has 50 heavy (non-hydrogen) atoms. The molecule has 2 aliphatic rings. The van der Waals surface area contributed by atoms with E-state index in [1.54, 1.807) is 24.3 Å². The first-order valence-corrected chi connectivity index (χ1v) is 17.5. The molecule has 4 heterocycles. The Kier molecular flexibility index (Phi) is 11.6. The van der Waals surface area contributed by atoms with E-state index in [0.717, 1.165) is 47.6 Å². The van der Waals surface area contributed by atoms with Crippen LogP contribution in [0.2, 0.25) is 0 Å². The van der Waals surface area contributed by atoms with Gasteiger partial charge in [-0.05, 0) is 43.6 Å². The molecule has 1 unspecified atom stereocenters. The number of hydrogen-bond donors (Lipinski definition) is 8. The topological polar surface area (TPSA) is 318 Å². The smallest absolute Gasteiger partial charge is 0.362 e.